The van der Waals surface area contributed by atoms with Gasteiger partial charge in [-0.05, 0) is 29.4 Å². The van der Waals surface area contributed by atoms with Crippen LogP contribution in [0.15, 0.2) is 28.6 Å². The molecule has 0 fully saturated rings. The van der Waals surface area contributed by atoms with E-state index in [2.05, 4.69) is 43.2 Å². The Morgan fingerprint density at radius 1 is 1.32 bits per heavy atom. The lowest BCUT2D eigenvalue weighted by molar-refractivity contribution is -0.117. The van der Waals surface area contributed by atoms with E-state index in [1.54, 1.807) is 12.1 Å². The van der Waals surface area contributed by atoms with Crippen LogP contribution in [0.5, 0.6) is 0 Å². The van der Waals surface area contributed by atoms with Gasteiger partial charge < -0.3 is 5.32 Å². The van der Waals surface area contributed by atoms with Gasteiger partial charge in [-0.2, -0.15) is 0 Å². The summed E-state index contributed by atoms with van der Waals surface area (Å²) in [5.41, 5.74) is 0.836. The molecule has 0 aliphatic heterocycles. The summed E-state index contributed by atoms with van der Waals surface area (Å²) < 4.78 is 14.3. The van der Waals surface area contributed by atoms with E-state index in [1.165, 1.54) is 29.2 Å². The number of amides is 1. The molecule has 0 saturated carbocycles. The SMILES string of the molecule is C[C@H](CC(=O)Nc1nnc(SCc2ccccc2F)s1)CC(C)(C)C. The van der Waals surface area contributed by atoms with Crippen molar-refractivity contribution in [1.29, 1.82) is 0 Å². The number of benzene rings is 1. The predicted molar refractivity (Wildman–Crippen MR) is 102 cm³/mol. The molecule has 136 valence electrons. The summed E-state index contributed by atoms with van der Waals surface area (Å²) in [6.45, 7) is 8.60. The third-order valence-corrected chi connectivity index (χ3v) is 5.48. The van der Waals surface area contributed by atoms with Gasteiger partial charge in [0.15, 0.2) is 4.34 Å². The molecule has 0 radical (unpaired) electrons. The van der Waals surface area contributed by atoms with Gasteiger partial charge in [-0.25, -0.2) is 4.39 Å². The highest BCUT2D eigenvalue weighted by Crippen LogP contribution is 2.30. The number of nitrogens with zero attached hydrogens (tertiary/aromatic N) is 2. The van der Waals surface area contributed by atoms with E-state index < -0.39 is 0 Å². The van der Waals surface area contributed by atoms with Gasteiger partial charge in [-0.1, -0.05) is 69.0 Å². The van der Waals surface area contributed by atoms with Gasteiger partial charge in [0.05, 0.1) is 0 Å². The molecule has 2 rings (SSSR count). The predicted octanol–water partition coefficient (Wildman–Crippen LogP) is 5.37. The lowest BCUT2D eigenvalue weighted by Crippen LogP contribution is -2.18. The first-order chi connectivity index (χ1) is 11.7. The number of nitrogens with one attached hydrogen (secondary N) is 1. The zero-order chi connectivity index (χ0) is 18.4. The summed E-state index contributed by atoms with van der Waals surface area (Å²) in [6, 6.07) is 6.68. The highest BCUT2D eigenvalue weighted by atomic mass is 32.2. The van der Waals surface area contributed by atoms with Crippen LogP contribution in [-0.2, 0) is 10.5 Å². The second-order valence-corrected chi connectivity index (χ2v) is 9.58. The molecule has 0 bridgehead atoms. The van der Waals surface area contributed by atoms with Crippen LogP contribution < -0.4 is 5.32 Å². The van der Waals surface area contributed by atoms with Gasteiger partial charge in [-0.3, -0.25) is 4.79 Å². The molecule has 1 N–H and O–H groups in total. The summed E-state index contributed by atoms with van der Waals surface area (Å²) in [5.74, 6) is 0.528. The molecule has 0 spiro atoms. The molecule has 7 heteroatoms. The Kier molecular flexibility index (Phi) is 6.95. The van der Waals surface area contributed by atoms with Crippen LogP contribution in [0, 0.1) is 17.2 Å². The summed E-state index contributed by atoms with van der Waals surface area (Å²) in [6.07, 6.45) is 1.45. The van der Waals surface area contributed by atoms with E-state index in [0.29, 0.717) is 33.1 Å². The minimum absolute atomic E-state index is 0.0430. The Labute approximate surface area is 156 Å². The highest BCUT2D eigenvalue weighted by Gasteiger charge is 2.18. The third-order valence-electron chi connectivity index (χ3n) is 3.46. The molecule has 0 saturated heterocycles. The van der Waals surface area contributed by atoms with Crippen molar-refractivity contribution in [3.63, 3.8) is 0 Å². The Hall–Kier alpha value is -1.47. The molecule has 1 aromatic carbocycles. The van der Waals surface area contributed by atoms with Crippen molar-refractivity contribution in [3.05, 3.63) is 35.6 Å². The molecule has 25 heavy (non-hydrogen) atoms. The molecule has 1 amide bonds. The van der Waals surface area contributed by atoms with Crippen LogP contribution in [0.2, 0.25) is 0 Å². The molecule has 4 nitrogen and oxygen atoms in total. The lowest BCUT2D eigenvalue weighted by atomic mass is 9.84. The average molecular weight is 382 g/mol. The average Bonchev–Trinajstić information content (AvgIpc) is 2.91. The molecule has 0 aliphatic rings. The fourth-order valence-corrected chi connectivity index (χ4v) is 4.43. The van der Waals surface area contributed by atoms with E-state index in [0.717, 1.165) is 6.42 Å². The van der Waals surface area contributed by atoms with Crippen LogP contribution in [0.1, 0.15) is 46.1 Å². The van der Waals surface area contributed by atoms with Gasteiger partial charge in [0.1, 0.15) is 5.82 Å². The quantitative estimate of drug-likeness (QED) is 0.517. The second kappa shape index (κ2) is 8.76. The van der Waals surface area contributed by atoms with E-state index in [1.807, 2.05) is 6.07 Å². The topological polar surface area (TPSA) is 54.9 Å². The number of thioether (sulfide) groups is 1. The number of carbonyl (C=O) groups excluding carboxylic acids is 1. The van der Waals surface area contributed by atoms with Crippen molar-refractivity contribution < 1.29 is 9.18 Å². The molecule has 2 aromatic rings. The third kappa shape index (κ3) is 7.12. The van der Waals surface area contributed by atoms with Crippen LogP contribution >= 0.6 is 23.1 Å². The summed E-state index contributed by atoms with van der Waals surface area (Å²) in [4.78, 5) is 12.1. The molecule has 0 unspecified atom stereocenters. The van der Waals surface area contributed by atoms with E-state index in [4.69, 9.17) is 0 Å². The van der Waals surface area contributed by atoms with Crippen LogP contribution in [0.4, 0.5) is 9.52 Å². The number of hydrogen-bond acceptors (Lipinski definition) is 5. The van der Waals surface area contributed by atoms with Crippen molar-refractivity contribution in [2.24, 2.45) is 11.3 Å². The van der Waals surface area contributed by atoms with Crippen LogP contribution in [0.3, 0.4) is 0 Å². The normalized spacial score (nSPS) is 12.8. The van der Waals surface area contributed by atoms with Gasteiger partial charge in [-0.15, -0.1) is 10.2 Å². The second-order valence-electron chi connectivity index (χ2n) is 7.38. The smallest absolute Gasteiger partial charge is 0.226 e. The zero-order valence-corrected chi connectivity index (χ0v) is 16.6. The maximum absolute atomic E-state index is 13.6. The maximum Gasteiger partial charge on any atom is 0.226 e. The van der Waals surface area contributed by atoms with Crippen molar-refractivity contribution in [1.82, 2.24) is 10.2 Å². The molecular weight excluding hydrogens is 357 g/mol. The van der Waals surface area contributed by atoms with Gasteiger partial charge in [0.2, 0.25) is 11.0 Å². The molecule has 1 atom stereocenters. The van der Waals surface area contributed by atoms with Crippen molar-refractivity contribution in [3.8, 4) is 0 Å². The number of anilines is 1. The Morgan fingerprint density at radius 2 is 2.04 bits per heavy atom. The van der Waals surface area contributed by atoms with E-state index in [9.17, 15) is 9.18 Å². The Bertz CT molecular complexity index is 712. The summed E-state index contributed by atoms with van der Waals surface area (Å²) in [7, 11) is 0. The Balaban J connectivity index is 1.82. The standard InChI is InChI=1S/C18H24FN3OS2/c1-12(10-18(2,3)4)9-15(23)20-16-21-22-17(25-16)24-11-13-7-5-6-8-14(13)19/h5-8,12H,9-11H2,1-4H3,(H,20,21,23)/t12-/m1/s1. The zero-order valence-electron chi connectivity index (χ0n) is 15.0. The van der Waals surface area contributed by atoms with Crippen molar-refractivity contribution >= 4 is 34.1 Å². The Morgan fingerprint density at radius 3 is 2.72 bits per heavy atom. The molecule has 1 heterocycles. The first-order valence-electron chi connectivity index (χ1n) is 8.22. The lowest BCUT2D eigenvalue weighted by Gasteiger charge is -2.22. The minimum atomic E-state index is -0.221. The first-order valence-corrected chi connectivity index (χ1v) is 10.0. The largest absolute Gasteiger partial charge is 0.300 e. The van der Waals surface area contributed by atoms with Crippen molar-refractivity contribution in [2.45, 2.75) is 50.6 Å². The number of hydrogen-bond donors (Lipinski definition) is 1. The van der Waals surface area contributed by atoms with E-state index in [-0.39, 0.29) is 17.1 Å². The summed E-state index contributed by atoms with van der Waals surface area (Å²) >= 11 is 2.72. The number of rotatable bonds is 7. The van der Waals surface area contributed by atoms with E-state index >= 15 is 0 Å². The molecular formula is C18H24FN3OS2. The minimum Gasteiger partial charge on any atom is -0.300 e. The molecule has 1 aromatic heterocycles. The summed E-state index contributed by atoms with van der Waals surface area (Å²) in [5, 5.41) is 11.3. The van der Waals surface area contributed by atoms with Crippen molar-refractivity contribution in [2.75, 3.05) is 5.32 Å². The van der Waals surface area contributed by atoms with Gasteiger partial charge in [0, 0.05) is 12.2 Å². The monoisotopic (exact) mass is 381 g/mol. The number of halogens is 1. The number of carbonyl (C=O) groups is 1. The highest BCUT2D eigenvalue weighted by molar-refractivity contribution is 8.00. The fraction of sp³-hybridized carbons (Fsp3) is 0.500. The van der Waals surface area contributed by atoms with Crippen LogP contribution in [-0.4, -0.2) is 16.1 Å². The number of aromatic nitrogens is 2. The molecule has 0 aliphatic carbocycles. The fourth-order valence-electron chi connectivity index (χ4n) is 2.68. The van der Waals surface area contributed by atoms with Gasteiger partial charge >= 0.3 is 0 Å². The maximum atomic E-state index is 13.6. The van der Waals surface area contributed by atoms with Crippen LogP contribution in [0.25, 0.3) is 0 Å². The van der Waals surface area contributed by atoms with Gasteiger partial charge in [0.25, 0.3) is 0 Å². The first kappa shape index (κ1) is 19.8.